The number of esters is 1. The van der Waals surface area contributed by atoms with Crippen molar-refractivity contribution in [3.8, 4) is 0 Å². The Morgan fingerprint density at radius 1 is 1.56 bits per heavy atom. The van der Waals surface area contributed by atoms with E-state index in [0.717, 1.165) is 15.3 Å². The first-order valence-corrected chi connectivity index (χ1v) is 6.23. The van der Waals surface area contributed by atoms with Gasteiger partial charge in [0.15, 0.2) is 11.5 Å². The average Bonchev–Trinajstić information content (AvgIpc) is 2.60. The monoisotopic (exact) mass is 257 g/mol. The predicted molar refractivity (Wildman–Crippen MR) is 64.2 cm³/mol. The van der Waals surface area contributed by atoms with E-state index in [1.54, 1.807) is 11.4 Å². The van der Waals surface area contributed by atoms with Gasteiger partial charge < -0.3 is 14.1 Å². The van der Waals surface area contributed by atoms with Gasteiger partial charge in [0.2, 0.25) is 0 Å². The molecule has 2 rings (SSSR count). The molecular weight excluding hydrogens is 246 g/mol. The number of carbonyl (C=O) groups excluding carboxylic acids is 1. The lowest BCUT2D eigenvalue weighted by Crippen LogP contribution is -2.23. The Bertz CT molecular complexity index is 478. The molecule has 0 aromatic carbocycles. The molecule has 2 heterocycles. The van der Waals surface area contributed by atoms with Crippen LogP contribution in [-0.4, -0.2) is 29.5 Å². The van der Waals surface area contributed by atoms with Gasteiger partial charge in [0, 0.05) is 7.05 Å². The fourth-order valence-corrected chi connectivity index (χ4v) is 3.60. The first-order valence-electron chi connectivity index (χ1n) is 4.58. The molecule has 1 aromatic heterocycles. The molecule has 16 heavy (non-hydrogen) atoms. The Hall–Kier alpha value is -1.14. The lowest BCUT2D eigenvalue weighted by atomic mass is 10.2. The molecule has 0 atom stereocenters. The minimum absolute atomic E-state index is 0.00111. The van der Waals surface area contributed by atoms with Gasteiger partial charge in [0.05, 0.1) is 16.9 Å². The molecule has 0 radical (unpaired) electrons. The Labute approximate surface area is 102 Å². The Balaban J connectivity index is 2.56. The van der Waals surface area contributed by atoms with Gasteiger partial charge in [-0.3, -0.25) is 0 Å². The van der Waals surface area contributed by atoms with Crippen LogP contribution in [-0.2, 0) is 9.53 Å². The van der Waals surface area contributed by atoms with Gasteiger partial charge >= 0.3 is 5.97 Å². The summed E-state index contributed by atoms with van der Waals surface area (Å²) in [6.07, 6.45) is 0. The van der Waals surface area contributed by atoms with Crippen LogP contribution in [0.25, 0.3) is 5.76 Å². The maximum Gasteiger partial charge on any atom is 0.359 e. The number of ether oxygens (including phenoxy) is 1. The largest absolute Gasteiger partial charge is 0.504 e. The predicted octanol–water partition coefficient (Wildman–Crippen LogP) is 2.41. The normalized spacial score (nSPS) is 15.1. The van der Waals surface area contributed by atoms with E-state index in [1.165, 1.54) is 30.4 Å². The molecular formula is C10H11NO3S2. The summed E-state index contributed by atoms with van der Waals surface area (Å²) in [6.45, 7) is 1.98. The molecule has 1 N–H and O–H groups in total. The van der Waals surface area contributed by atoms with Crippen molar-refractivity contribution in [2.24, 2.45) is 0 Å². The van der Waals surface area contributed by atoms with E-state index in [4.69, 9.17) is 0 Å². The van der Waals surface area contributed by atoms with Gasteiger partial charge in [-0.1, -0.05) is 0 Å². The topological polar surface area (TPSA) is 49.8 Å². The maximum absolute atomic E-state index is 11.5. The number of methoxy groups -OCH3 is 1. The van der Waals surface area contributed by atoms with Crippen molar-refractivity contribution in [1.29, 1.82) is 0 Å². The van der Waals surface area contributed by atoms with Crippen molar-refractivity contribution in [3.05, 3.63) is 21.5 Å². The number of rotatable bonds is 1. The average molecular weight is 257 g/mol. The number of nitrogens with zero attached hydrogens (tertiary/aromatic N) is 1. The number of hydrogen-bond donors (Lipinski definition) is 1. The van der Waals surface area contributed by atoms with E-state index in [1.807, 2.05) is 12.3 Å². The van der Waals surface area contributed by atoms with Gasteiger partial charge in [-0.2, -0.15) is 0 Å². The van der Waals surface area contributed by atoms with E-state index < -0.39 is 5.97 Å². The zero-order valence-electron chi connectivity index (χ0n) is 9.10. The molecule has 6 heteroatoms. The highest BCUT2D eigenvalue weighted by molar-refractivity contribution is 7.97. The summed E-state index contributed by atoms with van der Waals surface area (Å²) in [4.78, 5) is 13.2. The van der Waals surface area contributed by atoms with E-state index in [2.05, 4.69) is 4.74 Å². The number of carbonyl (C=O) groups is 1. The van der Waals surface area contributed by atoms with E-state index in [-0.39, 0.29) is 11.5 Å². The molecule has 86 valence electrons. The molecule has 0 saturated heterocycles. The van der Waals surface area contributed by atoms with Crippen LogP contribution in [0.4, 0.5) is 0 Å². The molecule has 0 unspecified atom stereocenters. The molecule has 0 saturated carbocycles. The molecule has 0 bridgehead atoms. The number of aryl methyl sites for hydroxylation is 1. The number of hydrogen-bond acceptors (Lipinski definition) is 6. The van der Waals surface area contributed by atoms with Crippen LogP contribution in [0.2, 0.25) is 0 Å². The standard InChI is InChI=1S/C10H11NO3S2/c1-5-4-15-9-7(12)6(10(13)14-3)11(2)16-8(5)9/h4,12H,1-3H3. The minimum Gasteiger partial charge on any atom is -0.504 e. The maximum atomic E-state index is 11.5. The Morgan fingerprint density at radius 3 is 2.88 bits per heavy atom. The van der Waals surface area contributed by atoms with Crippen molar-refractivity contribution in [1.82, 2.24) is 4.31 Å². The molecule has 0 amide bonds. The van der Waals surface area contributed by atoms with Crippen molar-refractivity contribution in [2.75, 3.05) is 14.2 Å². The molecule has 0 fully saturated rings. The highest BCUT2D eigenvalue weighted by atomic mass is 32.2. The number of aliphatic hydroxyl groups is 1. The van der Waals surface area contributed by atoms with Crippen molar-refractivity contribution in [3.63, 3.8) is 0 Å². The molecule has 0 spiro atoms. The van der Waals surface area contributed by atoms with E-state index in [0.29, 0.717) is 0 Å². The van der Waals surface area contributed by atoms with E-state index >= 15 is 0 Å². The van der Waals surface area contributed by atoms with Crippen LogP contribution in [0.3, 0.4) is 0 Å². The van der Waals surface area contributed by atoms with Crippen LogP contribution < -0.4 is 0 Å². The first kappa shape index (κ1) is 11.3. The van der Waals surface area contributed by atoms with Crippen molar-refractivity contribution in [2.45, 2.75) is 11.8 Å². The summed E-state index contributed by atoms with van der Waals surface area (Å²) in [7, 11) is 3.03. The number of aliphatic hydroxyl groups excluding tert-OH is 1. The summed E-state index contributed by atoms with van der Waals surface area (Å²) >= 11 is 2.86. The smallest absolute Gasteiger partial charge is 0.359 e. The van der Waals surface area contributed by atoms with Crippen LogP contribution >= 0.6 is 23.3 Å². The zero-order valence-corrected chi connectivity index (χ0v) is 10.7. The van der Waals surface area contributed by atoms with E-state index in [9.17, 15) is 9.90 Å². The van der Waals surface area contributed by atoms with Gasteiger partial charge in [0.1, 0.15) is 0 Å². The second kappa shape index (κ2) is 4.03. The third kappa shape index (κ3) is 1.58. The third-order valence-corrected chi connectivity index (χ3v) is 4.68. The highest BCUT2D eigenvalue weighted by Crippen LogP contribution is 2.44. The van der Waals surface area contributed by atoms with Crippen LogP contribution in [0.15, 0.2) is 16.0 Å². The molecule has 1 aliphatic rings. The molecule has 1 aromatic rings. The van der Waals surface area contributed by atoms with Gasteiger partial charge in [-0.25, -0.2) is 4.79 Å². The SMILES string of the molecule is COC(=O)C1=C(O)c2scc(C)c2SN1C. The van der Waals surface area contributed by atoms with Gasteiger partial charge in [-0.15, -0.1) is 11.3 Å². The minimum atomic E-state index is -0.524. The van der Waals surface area contributed by atoms with Crippen molar-refractivity contribution < 1.29 is 14.6 Å². The lowest BCUT2D eigenvalue weighted by Gasteiger charge is -2.25. The summed E-state index contributed by atoms with van der Waals surface area (Å²) in [5.41, 5.74) is 1.30. The second-order valence-electron chi connectivity index (χ2n) is 3.35. The number of fused-ring (bicyclic) bond motifs is 1. The number of likely N-dealkylation sites (N-methyl/N-ethyl adjacent to an activating group) is 1. The highest BCUT2D eigenvalue weighted by Gasteiger charge is 2.31. The first-order chi connectivity index (χ1) is 7.56. The van der Waals surface area contributed by atoms with Crippen LogP contribution in [0.1, 0.15) is 10.4 Å². The Kier molecular flexibility index (Phi) is 2.86. The van der Waals surface area contributed by atoms with Crippen molar-refractivity contribution >= 4 is 35.0 Å². The molecule has 0 aliphatic carbocycles. The Morgan fingerprint density at radius 2 is 2.25 bits per heavy atom. The number of thiophene rings is 1. The summed E-state index contributed by atoms with van der Waals surface area (Å²) in [5.74, 6) is -0.523. The van der Waals surface area contributed by atoms with Gasteiger partial charge in [0.25, 0.3) is 0 Å². The lowest BCUT2D eigenvalue weighted by molar-refractivity contribution is -0.137. The summed E-state index contributed by atoms with van der Waals surface area (Å²) < 4.78 is 6.27. The van der Waals surface area contributed by atoms with Crippen LogP contribution in [0.5, 0.6) is 0 Å². The second-order valence-corrected chi connectivity index (χ2v) is 5.37. The molecule has 4 nitrogen and oxygen atoms in total. The quantitative estimate of drug-likeness (QED) is 0.618. The summed E-state index contributed by atoms with van der Waals surface area (Å²) in [6, 6.07) is 0. The fourth-order valence-electron chi connectivity index (χ4n) is 1.47. The van der Waals surface area contributed by atoms with Gasteiger partial charge in [-0.05, 0) is 29.8 Å². The third-order valence-electron chi connectivity index (χ3n) is 2.28. The zero-order chi connectivity index (χ0) is 11.9. The summed E-state index contributed by atoms with van der Waals surface area (Å²) in [5, 5.41) is 12.0. The van der Waals surface area contributed by atoms with Crippen LogP contribution in [0, 0.1) is 6.92 Å². The fraction of sp³-hybridized carbons (Fsp3) is 0.300. The molecule has 1 aliphatic heterocycles.